The van der Waals surface area contributed by atoms with E-state index in [0.29, 0.717) is 16.7 Å². The maximum absolute atomic E-state index is 12.9. The van der Waals surface area contributed by atoms with Gasteiger partial charge in [0.2, 0.25) is 5.91 Å². The van der Waals surface area contributed by atoms with Crippen LogP contribution in [0, 0.1) is 0 Å². The van der Waals surface area contributed by atoms with Crippen molar-refractivity contribution in [1.29, 1.82) is 0 Å². The number of nitrogens with zero attached hydrogens (tertiary/aromatic N) is 3. The fourth-order valence-corrected chi connectivity index (χ4v) is 3.11. The van der Waals surface area contributed by atoms with Crippen molar-refractivity contribution in [2.24, 2.45) is 10.9 Å². The molecular formula is C18H20BrN5O4. The molecule has 1 aromatic carbocycles. The number of H-pyrrole nitrogens is 1. The van der Waals surface area contributed by atoms with Crippen LogP contribution in [0.4, 0.5) is 4.79 Å². The predicted octanol–water partition coefficient (Wildman–Crippen LogP) is 1.94. The summed E-state index contributed by atoms with van der Waals surface area (Å²) in [5, 5.41) is 3.79. The molecule has 2 amide bonds. The molecule has 1 aliphatic heterocycles. The quantitative estimate of drug-likeness (QED) is 0.665. The largest absolute Gasteiger partial charge is 0.444 e. The lowest BCUT2D eigenvalue weighted by Crippen LogP contribution is -2.50. The van der Waals surface area contributed by atoms with Crippen molar-refractivity contribution in [2.75, 3.05) is 6.54 Å². The Labute approximate surface area is 170 Å². The van der Waals surface area contributed by atoms with E-state index in [-0.39, 0.29) is 19.6 Å². The Morgan fingerprint density at radius 2 is 2.18 bits per heavy atom. The lowest BCUT2D eigenvalue weighted by atomic mass is 10.1. The SMILES string of the molecule is N[C@@H](Cc1cnc[nH]1)C(=O)N(CC1CC(Br)=NO1)C(=O)OCc1ccccc1. The number of ether oxygens (including phenoxy) is 1. The molecule has 9 nitrogen and oxygen atoms in total. The third kappa shape index (κ3) is 5.40. The summed E-state index contributed by atoms with van der Waals surface area (Å²) in [6.07, 6.45) is 2.51. The molecule has 1 unspecified atom stereocenters. The van der Waals surface area contributed by atoms with E-state index < -0.39 is 24.1 Å². The van der Waals surface area contributed by atoms with E-state index >= 15 is 0 Å². The first-order valence-corrected chi connectivity index (χ1v) is 9.45. The van der Waals surface area contributed by atoms with Crippen molar-refractivity contribution in [3.8, 4) is 0 Å². The van der Waals surface area contributed by atoms with Crippen LogP contribution < -0.4 is 5.73 Å². The first-order valence-electron chi connectivity index (χ1n) is 8.66. The number of carbonyl (C=O) groups excluding carboxylic acids is 2. The zero-order valence-electron chi connectivity index (χ0n) is 15.0. The van der Waals surface area contributed by atoms with E-state index in [9.17, 15) is 9.59 Å². The van der Waals surface area contributed by atoms with Gasteiger partial charge >= 0.3 is 6.09 Å². The Morgan fingerprint density at radius 1 is 1.39 bits per heavy atom. The minimum Gasteiger partial charge on any atom is -0.444 e. The van der Waals surface area contributed by atoms with Gasteiger partial charge < -0.3 is 20.3 Å². The Morgan fingerprint density at radius 3 is 2.82 bits per heavy atom. The maximum Gasteiger partial charge on any atom is 0.417 e. The van der Waals surface area contributed by atoms with Crippen LogP contribution in [0.5, 0.6) is 0 Å². The molecule has 3 rings (SSSR count). The van der Waals surface area contributed by atoms with Gasteiger partial charge in [0.05, 0.1) is 18.9 Å². The lowest BCUT2D eigenvalue weighted by Gasteiger charge is -2.25. The fraction of sp³-hybridized carbons (Fsp3) is 0.333. The number of rotatable bonds is 7. The summed E-state index contributed by atoms with van der Waals surface area (Å²) in [6.45, 7) is 0.0344. The van der Waals surface area contributed by atoms with Gasteiger partial charge in [-0.25, -0.2) is 14.7 Å². The monoisotopic (exact) mass is 449 g/mol. The fourth-order valence-electron chi connectivity index (χ4n) is 2.67. The van der Waals surface area contributed by atoms with Gasteiger partial charge in [-0.3, -0.25) is 4.79 Å². The summed E-state index contributed by atoms with van der Waals surface area (Å²) < 4.78 is 5.93. The third-order valence-electron chi connectivity index (χ3n) is 4.09. The molecule has 1 aliphatic rings. The summed E-state index contributed by atoms with van der Waals surface area (Å²) >= 11 is 3.24. The first kappa shape index (κ1) is 20.0. The van der Waals surface area contributed by atoms with E-state index in [2.05, 4.69) is 31.1 Å². The highest BCUT2D eigenvalue weighted by molar-refractivity contribution is 9.18. The first-order chi connectivity index (χ1) is 13.5. The normalized spacial score (nSPS) is 16.8. The smallest absolute Gasteiger partial charge is 0.417 e. The summed E-state index contributed by atoms with van der Waals surface area (Å²) in [6, 6.07) is 8.27. The number of imide groups is 1. The second-order valence-electron chi connectivity index (χ2n) is 6.28. The zero-order valence-corrected chi connectivity index (χ0v) is 16.5. The minimum atomic E-state index is -0.935. The van der Waals surface area contributed by atoms with Crippen molar-refractivity contribution < 1.29 is 19.2 Å². The average molecular weight is 450 g/mol. The van der Waals surface area contributed by atoms with Crippen LogP contribution in [0.1, 0.15) is 17.7 Å². The van der Waals surface area contributed by atoms with Crippen molar-refractivity contribution in [2.45, 2.75) is 31.6 Å². The molecule has 1 aromatic heterocycles. The maximum atomic E-state index is 12.9. The summed E-state index contributed by atoms with van der Waals surface area (Å²) in [5.41, 5.74) is 7.54. The van der Waals surface area contributed by atoms with Crippen molar-refractivity contribution >= 4 is 32.6 Å². The topological polar surface area (TPSA) is 123 Å². The molecule has 2 atom stereocenters. The van der Waals surface area contributed by atoms with Gasteiger partial charge in [0.15, 0.2) is 6.10 Å². The number of oxime groups is 1. The zero-order chi connectivity index (χ0) is 19.9. The number of hydrogen-bond donors (Lipinski definition) is 2. The second kappa shape index (κ2) is 9.47. The molecule has 0 fully saturated rings. The van der Waals surface area contributed by atoms with Crippen LogP contribution in [0.3, 0.4) is 0 Å². The van der Waals surface area contributed by atoms with Crippen molar-refractivity contribution in [3.63, 3.8) is 0 Å². The number of carbonyl (C=O) groups is 2. The highest BCUT2D eigenvalue weighted by Crippen LogP contribution is 2.17. The molecule has 148 valence electrons. The Hall–Kier alpha value is -2.72. The molecule has 0 aliphatic carbocycles. The number of nitrogens with one attached hydrogen (secondary N) is 1. The van der Waals surface area contributed by atoms with Crippen LogP contribution in [0.15, 0.2) is 48.0 Å². The predicted molar refractivity (Wildman–Crippen MR) is 104 cm³/mol. The van der Waals surface area contributed by atoms with Crippen molar-refractivity contribution in [3.05, 3.63) is 54.1 Å². The van der Waals surface area contributed by atoms with Gasteiger partial charge in [-0.15, -0.1) is 0 Å². The summed E-state index contributed by atoms with van der Waals surface area (Å²) in [7, 11) is 0. The van der Waals surface area contributed by atoms with E-state index in [4.69, 9.17) is 15.3 Å². The molecular weight excluding hydrogens is 430 g/mol. The standard InChI is InChI=1S/C18H20BrN5O4/c19-16-7-14(28-23-16)9-24(17(25)15(20)6-13-8-21-11-22-13)18(26)27-10-12-4-2-1-3-5-12/h1-5,8,11,14-15H,6-7,9-10,20H2,(H,21,22)/t14?,15-/m0/s1. The number of amides is 2. The van der Waals surface area contributed by atoms with E-state index in [1.165, 1.54) is 6.33 Å². The lowest BCUT2D eigenvalue weighted by molar-refractivity contribution is -0.132. The highest BCUT2D eigenvalue weighted by Gasteiger charge is 2.33. The molecule has 0 saturated carbocycles. The van der Waals surface area contributed by atoms with E-state index in [1.807, 2.05) is 30.3 Å². The van der Waals surface area contributed by atoms with Gasteiger partial charge in [-0.2, -0.15) is 0 Å². The number of aromatic amines is 1. The summed E-state index contributed by atoms with van der Waals surface area (Å²) in [5.74, 6) is -0.556. The second-order valence-corrected chi connectivity index (χ2v) is 7.19. The highest BCUT2D eigenvalue weighted by atomic mass is 79.9. The molecule has 0 bridgehead atoms. The van der Waals surface area contributed by atoms with Crippen LogP contribution in [0.2, 0.25) is 0 Å². The number of halogens is 1. The average Bonchev–Trinajstić information content (AvgIpc) is 3.36. The molecule has 28 heavy (non-hydrogen) atoms. The Kier molecular flexibility index (Phi) is 6.77. The molecule has 0 radical (unpaired) electrons. The molecule has 2 aromatic rings. The van der Waals surface area contributed by atoms with Crippen molar-refractivity contribution in [1.82, 2.24) is 14.9 Å². The van der Waals surface area contributed by atoms with Crippen LogP contribution in [0.25, 0.3) is 0 Å². The van der Waals surface area contributed by atoms with Gasteiger partial charge in [-0.05, 0) is 21.5 Å². The van der Waals surface area contributed by atoms with Gasteiger partial charge in [-0.1, -0.05) is 35.5 Å². The number of aromatic nitrogens is 2. The Bertz CT molecular complexity index is 828. The van der Waals surface area contributed by atoms with Crippen LogP contribution >= 0.6 is 15.9 Å². The van der Waals surface area contributed by atoms with Crippen LogP contribution in [-0.2, 0) is 27.4 Å². The molecule has 3 N–H and O–H groups in total. The van der Waals surface area contributed by atoms with Gasteiger partial charge in [0.1, 0.15) is 11.2 Å². The number of hydrogen-bond acceptors (Lipinski definition) is 7. The van der Waals surface area contributed by atoms with E-state index in [1.54, 1.807) is 6.20 Å². The molecule has 0 spiro atoms. The molecule has 2 heterocycles. The number of imidazole rings is 1. The van der Waals surface area contributed by atoms with Gasteiger partial charge in [0, 0.05) is 24.7 Å². The third-order valence-corrected chi connectivity index (χ3v) is 4.56. The summed E-state index contributed by atoms with van der Waals surface area (Å²) in [4.78, 5) is 38.5. The number of nitrogens with two attached hydrogens (primary N) is 1. The Balaban J connectivity index is 1.66. The van der Waals surface area contributed by atoms with Crippen LogP contribution in [-0.4, -0.2) is 50.2 Å². The minimum absolute atomic E-state index is 0.0122. The van der Waals surface area contributed by atoms with Gasteiger partial charge in [0.25, 0.3) is 0 Å². The molecule has 0 saturated heterocycles. The van der Waals surface area contributed by atoms with E-state index in [0.717, 1.165) is 10.5 Å². The number of benzene rings is 1. The molecule has 10 heteroatoms.